The lowest BCUT2D eigenvalue weighted by Crippen LogP contribution is -2.30. The molecular weight excluding hydrogens is 310 g/mol. The fourth-order valence-electron chi connectivity index (χ4n) is 2.15. The van der Waals surface area contributed by atoms with E-state index in [9.17, 15) is 4.79 Å². The quantitative estimate of drug-likeness (QED) is 0.784. The lowest BCUT2D eigenvalue weighted by atomic mass is 9.99. The van der Waals surface area contributed by atoms with E-state index in [1.807, 2.05) is 12.1 Å². The third-order valence-electron chi connectivity index (χ3n) is 3.86. The number of carbonyl (C=O) groups is 1. The zero-order valence-corrected chi connectivity index (χ0v) is 14.4. The Morgan fingerprint density at radius 2 is 1.70 bits per heavy atom. The van der Waals surface area contributed by atoms with E-state index in [0.717, 1.165) is 12.1 Å². The molecule has 0 radical (unpaired) electrons. The number of amides is 1. The average molecular weight is 332 g/mol. The molecule has 0 spiro atoms. The van der Waals surface area contributed by atoms with Crippen molar-refractivity contribution in [2.45, 2.75) is 39.2 Å². The van der Waals surface area contributed by atoms with Crippen LogP contribution in [0.5, 0.6) is 5.75 Å². The minimum absolute atomic E-state index is 0.184. The third-order valence-corrected chi connectivity index (χ3v) is 4.11. The van der Waals surface area contributed by atoms with Crippen molar-refractivity contribution in [3.63, 3.8) is 0 Å². The summed E-state index contributed by atoms with van der Waals surface area (Å²) in [5.74, 6) is 0.951. The minimum Gasteiger partial charge on any atom is -0.481 e. The predicted octanol–water partition coefficient (Wildman–Crippen LogP) is 5.26. The van der Waals surface area contributed by atoms with Gasteiger partial charge in [-0.2, -0.15) is 0 Å². The number of hydrogen-bond acceptors (Lipinski definition) is 2. The van der Waals surface area contributed by atoms with E-state index >= 15 is 0 Å². The van der Waals surface area contributed by atoms with Crippen LogP contribution in [0.15, 0.2) is 48.5 Å². The summed E-state index contributed by atoms with van der Waals surface area (Å²) in [5.41, 5.74) is 2.05. The molecule has 0 aliphatic heterocycles. The normalized spacial score (nSPS) is 13.2. The minimum atomic E-state index is -0.592. The molecule has 0 aromatic heterocycles. The Morgan fingerprint density at radius 1 is 1.09 bits per heavy atom. The van der Waals surface area contributed by atoms with E-state index in [0.29, 0.717) is 16.7 Å². The number of ether oxygens (including phenoxy) is 1. The second-order valence-corrected chi connectivity index (χ2v) is 6.07. The summed E-state index contributed by atoms with van der Waals surface area (Å²) in [6.07, 6.45) is 0.503. The van der Waals surface area contributed by atoms with Gasteiger partial charge in [0.05, 0.1) is 0 Å². The van der Waals surface area contributed by atoms with Gasteiger partial charge >= 0.3 is 0 Å². The summed E-state index contributed by atoms with van der Waals surface area (Å²) in [5, 5.41) is 3.50. The fourth-order valence-corrected chi connectivity index (χ4v) is 2.27. The van der Waals surface area contributed by atoms with Gasteiger partial charge in [-0.15, -0.1) is 0 Å². The Bertz CT molecular complexity index is 637. The molecule has 0 saturated heterocycles. The van der Waals surface area contributed by atoms with Crippen LogP contribution in [0, 0.1) is 0 Å². The fraction of sp³-hybridized carbons (Fsp3) is 0.316. The predicted molar refractivity (Wildman–Crippen MR) is 95.3 cm³/mol. The van der Waals surface area contributed by atoms with Crippen LogP contribution in [0.4, 0.5) is 5.69 Å². The highest BCUT2D eigenvalue weighted by Crippen LogP contribution is 2.21. The van der Waals surface area contributed by atoms with Crippen LogP contribution < -0.4 is 10.1 Å². The molecule has 0 bridgehead atoms. The second-order valence-electron chi connectivity index (χ2n) is 5.63. The summed E-state index contributed by atoms with van der Waals surface area (Å²) < 4.78 is 5.61. The van der Waals surface area contributed by atoms with Crippen molar-refractivity contribution in [2.75, 3.05) is 5.32 Å². The van der Waals surface area contributed by atoms with Gasteiger partial charge < -0.3 is 10.1 Å². The van der Waals surface area contributed by atoms with Crippen molar-refractivity contribution in [1.29, 1.82) is 0 Å². The largest absolute Gasteiger partial charge is 0.481 e. The molecule has 3 nitrogen and oxygen atoms in total. The van der Waals surface area contributed by atoms with E-state index in [1.54, 1.807) is 31.2 Å². The number of rotatable bonds is 6. The van der Waals surface area contributed by atoms with Crippen molar-refractivity contribution in [3.05, 3.63) is 59.1 Å². The van der Waals surface area contributed by atoms with Crippen LogP contribution in [0.25, 0.3) is 0 Å². The van der Waals surface area contributed by atoms with E-state index in [2.05, 4.69) is 31.3 Å². The molecule has 0 aliphatic rings. The van der Waals surface area contributed by atoms with Crippen LogP contribution in [-0.2, 0) is 4.79 Å². The lowest BCUT2D eigenvalue weighted by Gasteiger charge is -2.15. The Labute approximate surface area is 142 Å². The number of carbonyl (C=O) groups excluding carboxylic acids is 1. The topological polar surface area (TPSA) is 38.3 Å². The highest BCUT2D eigenvalue weighted by atomic mass is 35.5. The first-order chi connectivity index (χ1) is 11.0. The van der Waals surface area contributed by atoms with Crippen LogP contribution in [0.2, 0.25) is 5.02 Å². The molecule has 2 aromatic rings. The maximum atomic E-state index is 12.2. The molecule has 0 fully saturated rings. The summed E-state index contributed by atoms with van der Waals surface area (Å²) >= 11 is 5.83. The molecule has 1 amide bonds. The standard InChI is InChI=1S/C19H22ClNO2/c1-4-13(2)15-5-9-17(10-6-15)21-19(22)14(3)23-18-11-7-16(20)8-12-18/h5-14H,4H2,1-3H3,(H,21,22)/t13-,14-/m0/s1. The number of anilines is 1. The van der Waals surface area contributed by atoms with Gasteiger partial charge in [0.1, 0.15) is 5.75 Å². The van der Waals surface area contributed by atoms with Crippen molar-refractivity contribution >= 4 is 23.2 Å². The summed E-state index contributed by atoms with van der Waals surface area (Å²) in [6, 6.07) is 14.9. The van der Waals surface area contributed by atoms with Crippen molar-refractivity contribution < 1.29 is 9.53 Å². The van der Waals surface area contributed by atoms with Crippen molar-refractivity contribution in [2.24, 2.45) is 0 Å². The molecular formula is C19H22ClNO2. The van der Waals surface area contributed by atoms with Gasteiger partial charge in [-0.1, -0.05) is 37.6 Å². The van der Waals surface area contributed by atoms with Gasteiger partial charge in [0.2, 0.25) is 0 Å². The van der Waals surface area contributed by atoms with Crippen LogP contribution in [0.3, 0.4) is 0 Å². The summed E-state index contributed by atoms with van der Waals surface area (Å²) in [7, 11) is 0. The smallest absolute Gasteiger partial charge is 0.265 e. The van der Waals surface area contributed by atoms with Crippen LogP contribution >= 0.6 is 11.6 Å². The van der Waals surface area contributed by atoms with Gasteiger partial charge in [-0.05, 0) is 61.2 Å². The Balaban J connectivity index is 1.93. The number of hydrogen-bond donors (Lipinski definition) is 1. The Kier molecular flexibility index (Phi) is 6.05. The SMILES string of the molecule is CC[C@H](C)c1ccc(NC(=O)[C@H](C)Oc2ccc(Cl)cc2)cc1. The van der Waals surface area contributed by atoms with Gasteiger partial charge in [-0.25, -0.2) is 0 Å². The first kappa shape index (κ1) is 17.4. The molecule has 0 aliphatic carbocycles. The first-order valence-electron chi connectivity index (χ1n) is 7.82. The van der Waals surface area contributed by atoms with E-state index in [4.69, 9.17) is 16.3 Å². The van der Waals surface area contributed by atoms with Crippen molar-refractivity contribution in [3.8, 4) is 5.75 Å². The zero-order valence-electron chi connectivity index (χ0n) is 13.7. The molecule has 4 heteroatoms. The molecule has 0 heterocycles. The molecule has 23 heavy (non-hydrogen) atoms. The molecule has 122 valence electrons. The zero-order chi connectivity index (χ0) is 16.8. The molecule has 2 atom stereocenters. The van der Waals surface area contributed by atoms with Gasteiger partial charge in [0.15, 0.2) is 6.10 Å². The molecule has 2 rings (SSSR count). The second kappa shape index (κ2) is 8.02. The maximum Gasteiger partial charge on any atom is 0.265 e. The third kappa shape index (κ3) is 5.00. The molecule has 0 saturated carbocycles. The molecule has 1 N–H and O–H groups in total. The number of nitrogens with one attached hydrogen (secondary N) is 1. The monoisotopic (exact) mass is 331 g/mol. The Hall–Kier alpha value is -2.00. The van der Waals surface area contributed by atoms with Crippen LogP contribution in [-0.4, -0.2) is 12.0 Å². The maximum absolute atomic E-state index is 12.2. The lowest BCUT2D eigenvalue weighted by molar-refractivity contribution is -0.122. The summed E-state index contributed by atoms with van der Waals surface area (Å²) in [6.45, 7) is 6.07. The summed E-state index contributed by atoms with van der Waals surface area (Å²) in [4.78, 5) is 12.2. The average Bonchev–Trinajstić information content (AvgIpc) is 2.56. The number of halogens is 1. The first-order valence-corrected chi connectivity index (χ1v) is 8.20. The van der Waals surface area contributed by atoms with Gasteiger partial charge in [0.25, 0.3) is 5.91 Å². The highest BCUT2D eigenvalue weighted by molar-refractivity contribution is 6.30. The highest BCUT2D eigenvalue weighted by Gasteiger charge is 2.15. The van der Waals surface area contributed by atoms with Gasteiger partial charge in [0, 0.05) is 10.7 Å². The molecule has 2 aromatic carbocycles. The van der Waals surface area contributed by atoms with E-state index < -0.39 is 6.10 Å². The molecule has 0 unspecified atom stereocenters. The van der Waals surface area contributed by atoms with E-state index in [-0.39, 0.29) is 5.91 Å². The van der Waals surface area contributed by atoms with E-state index in [1.165, 1.54) is 5.56 Å². The van der Waals surface area contributed by atoms with Crippen LogP contribution in [0.1, 0.15) is 38.7 Å². The number of benzene rings is 2. The van der Waals surface area contributed by atoms with Crippen molar-refractivity contribution in [1.82, 2.24) is 0 Å². The van der Waals surface area contributed by atoms with Gasteiger partial charge in [-0.3, -0.25) is 4.79 Å². The Morgan fingerprint density at radius 3 is 2.26 bits per heavy atom.